The number of hydrogen-bond donors (Lipinski definition) is 0. The first-order valence-corrected chi connectivity index (χ1v) is 45.3. The van der Waals surface area contributed by atoms with Crippen molar-refractivity contribution in [1.29, 1.82) is 0 Å². The zero-order valence-corrected chi connectivity index (χ0v) is 45.8. The van der Waals surface area contributed by atoms with Crippen molar-refractivity contribution >= 4 is 72.1 Å². The number of rotatable bonds is 5. The second-order valence-electron chi connectivity index (χ2n) is 23.9. The third kappa shape index (κ3) is 6.75. The first kappa shape index (κ1) is 45.4. The van der Waals surface area contributed by atoms with Crippen LogP contribution in [0.1, 0.15) is 166 Å². The van der Waals surface area contributed by atoms with Gasteiger partial charge in [0.25, 0.3) is 0 Å². The van der Waals surface area contributed by atoms with Crippen molar-refractivity contribution in [2.24, 2.45) is 0 Å². The van der Waals surface area contributed by atoms with Crippen molar-refractivity contribution in [3.8, 4) is 0 Å². The van der Waals surface area contributed by atoms with Gasteiger partial charge in [0, 0.05) is 0 Å². The Morgan fingerprint density at radius 3 is 0.867 bits per heavy atom. The average Bonchev–Trinajstić information content (AvgIpc) is 2.68. The van der Waals surface area contributed by atoms with Crippen LogP contribution in [0, 0.1) is 0 Å². The second kappa shape index (κ2) is 12.2. The van der Waals surface area contributed by atoms with Crippen LogP contribution in [0.3, 0.4) is 0 Å². The van der Waals surface area contributed by atoms with Gasteiger partial charge in [-0.1, -0.05) is 0 Å². The summed E-state index contributed by atoms with van der Waals surface area (Å²) in [5.74, 6) is 0. The average molecular weight is 825 g/mol. The van der Waals surface area contributed by atoms with Crippen molar-refractivity contribution < 1.29 is 0 Å². The van der Waals surface area contributed by atoms with Gasteiger partial charge in [0.15, 0.2) is 0 Å². The Balaban J connectivity index is 5.08. The zero-order valence-electron chi connectivity index (χ0n) is 36.3. The van der Waals surface area contributed by atoms with Crippen LogP contribution in [0.2, 0.25) is 66.5 Å². The molecule has 0 aliphatic carbocycles. The maximum absolute atomic E-state index is 3.06. The molecule has 1 aliphatic rings. The van der Waals surface area contributed by atoms with Crippen molar-refractivity contribution in [3.05, 3.63) is 0 Å². The van der Waals surface area contributed by atoms with Gasteiger partial charge in [0.1, 0.15) is 0 Å². The van der Waals surface area contributed by atoms with Crippen LogP contribution >= 0.6 is 10.7 Å². The Labute approximate surface area is 302 Å². The Kier molecular flexibility index (Phi) is 12.3. The molecule has 1 aliphatic heterocycles. The van der Waals surface area contributed by atoms with Gasteiger partial charge in [-0.15, -0.1) is 0 Å². The monoisotopic (exact) mass is 824 g/mol. The topological polar surface area (TPSA) is 0 Å². The van der Waals surface area contributed by atoms with E-state index in [1.807, 2.05) is 0 Å². The molecule has 1 heterocycles. The van der Waals surface area contributed by atoms with Gasteiger partial charge >= 0.3 is 305 Å². The molecule has 0 N–H and O–H groups in total. The van der Waals surface area contributed by atoms with Gasteiger partial charge in [0.05, 0.1) is 0 Å². The van der Waals surface area contributed by atoms with Gasteiger partial charge in [-0.05, 0) is 0 Å². The molecule has 0 radical (unpaired) electrons. The normalized spacial score (nSPS) is 21.3. The van der Waals surface area contributed by atoms with E-state index >= 15 is 0 Å². The van der Waals surface area contributed by atoms with Crippen LogP contribution in [0.25, 0.3) is 0 Å². The molecule has 9 heteroatoms. The summed E-state index contributed by atoms with van der Waals surface area (Å²) in [7, 11) is -4.25. The van der Waals surface area contributed by atoms with E-state index < -0.39 is 47.8 Å². The molecular formula is C36H84SSeSi7. The molecule has 0 aromatic rings. The summed E-state index contributed by atoms with van der Waals surface area (Å²) < 4.78 is 0. The number of hydrogen-bond acceptors (Lipinski definition) is 1. The van der Waals surface area contributed by atoms with Crippen molar-refractivity contribution in [3.63, 3.8) is 0 Å². The van der Waals surface area contributed by atoms with Crippen LogP contribution in [0.5, 0.6) is 0 Å². The van der Waals surface area contributed by atoms with E-state index in [9.17, 15) is 0 Å². The quantitative estimate of drug-likeness (QED) is 0.249. The fourth-order valence-electron chi connectivity index (χ4n) is 9.30. The molecule has 0 nitrogen and oxygen atoms in total. The van der Waals surface area contributed by atoms with Crippen LogP contribution in [-0.4, -0.2) is 61.5 Å². The van der Waals surface area contributed by atoms with E-state index in [2.05, 4.69) is 203 Å². The predicted molar refractivity (Wildman–Crippen MR) is 235 cm³/mol. The van der Waals surface area contributed by atoms with Crippen LogP contribution in [0.15, 0.2) is 0 Å². The van der Waals surface area contributed by atoms with E-state index in [1.165, 1.54) is 0 Å². The summed E-state index contributed by atoms with van der Waals surface area (Å²) >= 11 is 0.870. The first-order chi connectivity index (χ1) is 18.9. The fourth-order valence-corrected chi connectivity index (χ4v) is 406. The molecular weight excluding hydrogens is 740 g/mol. The van der Waals surface area contributed by atoms with E-state index in [1.54, 1.807) is 0 Å². The predicted octanol–water partition coefficient (Wildman–Crippen LogP) is 14.0. The minimum atomic E-state index is -1.86. The van der Waals surface area contributed by atoms with Gasteiger partial charge in [0.2, 0.25) is 0 Å². The molecule has 1 unspecified atom stereocenters. The standard InChI is InChI=1S/C36H84SSeSi7/c1-29(2,3)41(25,30(4,5)6)37-45(44(28,35(19,20)21)36(22,23)24)38-39(42(26,31(7,8)9)32(10,11)12)40(45)43(27,33(13,14)15)34(16,17)18/h1-28H3. The Morgan fingerprint density at radius 2 is 0.667 bits per heavy atom. The van der Waals surface area contributed by atoms with Crippen molar-refractivity contribution in [2.75, 3.05) is 0 Å². The molecule has 0 amide bonds. The van der Waals surface area contributed by atoms with Crippen LogP contribution in [0.4, 0.5) is 0 Å². The van der Waals surface area contributed by atoms with Crippen molar-refractivity contribution in [1.82, 2.24) is 0 Å². The molecule has 0 aromatic heterocycles. The van der Waals surface area contributed by atoms with Gasteiger partial charge < -0.3 is 0 Å². The molecule has 0 fully saturated rings. The van der Waals surface area contributed by atoms with Gasteiger partial charge in [-0.3, -0.25) is 0 Å². The SMILES string of the molecule is CC(C)(C)[Si](C)(S[Si]1([Si](C)(C(C)(C)C)C(C)(C)C)[Se][Si]([Si](C)(C(C)(C)C)C(C)(C)C)=[Si]1[Si](C)(C(C)(C)C)C(C)(C)C)C(C)(C)C. The summed E-state index contributed by atoms with van der Waals surface area (Å²) in [6.07, 6.45) is 0. The molecule has 0 aromatic carbocycles. The molecule has 0 spiro atoms. The van der Waals surface area contributed by atoms with E-state index in [0.29, 0.717) is 40.3 Å². The molecule has 0 saturated carbocycles. The molecule has 0 bridgehead atoms. The summed E-state index contributed by atoms with van der Waals surface area (Å²) in [5.41, 5.74) is 0. The maximum atomic E-state index is 3.06. The fraction of sp³-hybridized carbons (Fsp3) is 1.00. The van der Waals surface area contributed by atoms with Gasteiger partial charge in [-0.2, -0.15) is 0 Å². The molecule has 1 rings (SSSR count). The third-order valence-electron chi connectivity index (χ3n) is 14.6. The Bertz CT molecular complexity index is 1080. The zero-order chi connectivity index (χ0) is 37.1. The van der Waals surface area contributed by atoms with Gasteiger partial charge in [-0.25, -0.2) is 0 Å². The Morgan fingerprint density at radius 1 is 0.400 bits per heavy atom. The first-order valence-electron chi connectivity index (χ1n) is 18.1. The molecule has 0 saturated heterocycles. The second-order valence-corrected chi connectivity index (χ2v) is 108. The van der Waals surface area contributed by atoms with E-state index in [4.69, 9.17) is 0 Å². The Hall–Kier alpha value is 2.39. The van der Waals surface area contributed by atoms with E-state index in [0.717, 1.165) is 13.7 Å². The third-order valence-corrected chi connectivity index (χ3v) is 216. The molecule has 45 heavy (non-hydrogen) atoms. The summed E-state index contributed by atoms with van der Waals surface area (Å²) in [6, 6.07) is -0.466. The minimum absolute atomic E-state index is 0.378. The summed E-state index contributed by atoms with van der Waals surface area (Å²) in [6.45, 7) is 76.8. The van der Waals surface area contributed by atoms with Crippen LogP contribution in [-0.2, 0) is 0 Å². The summed E-state index contributed by atoms with van der Waals surface area (Å²) in [5, 5.41) is 3.31. The van der Waals surface area contributed by atoms with Crippen LogP contribution < -0.4 is 0 Å². The molecule has 268 valence electrons. The molecule has 1 atom stereocenters. The summed E-state index contributed by atoms with van der Waals surface area (Å²) in [4.78, 5) is -1.81. The van der Waals surface area contributed by atoms with E-state index in [-0.39, 0.29) is 0 Å². The van der Waals surface area contributed by atoms with Crippen molar-refractivity contribution in [2.45, 2.75) is 233 Å².